The van der Waals surface area contributed by atoms with Crippen LogP contribution in [0.3, 0.4) is 0 Å². The molecule has 2 aliphatic rings. The van der Waals surface area contributed by atoms with E-state index in [9.17, 15) is 0 Å². The van der Waals surface area contributed by atoms with Gasteiger partial charge >= 0.3 is 0 Å². The van der Waals surface area contributed by atoms with E-state index in [4.69, 9.17) is 4.74 Å². The number of hydrogen-bond acceptors (Lipinski definition) is 1. The Morgan fingerprint density at radius 1 is 1.11 bits per heavy atom. The van der Waals surface area contributed by atoms with E-state index in [2.05, 4.69) is 39.8 Å². The van der Waals surface area contributed by atoms with E-state index < -0.39 is 0 Å². The van der Waals surface area contributed by atoms with Gasteiger partial charge in [0, 0.05) is 0 Å². The average Bonchev–Trinajstić information content (AvgIpc) is 3.12. The molecule has 2 unspecified atom stereocenters. The van der Waals surface area contributed by atoms with Crippen molar-refractivity contribution in [3.63, 3.8) is 0 Å². The normalized spacial score (nSPS) is 38.9. The Labute approximate surface area is 112 Å². The zero-order chi connectivity index (χ0) is 13.2. The molecule has 0 saturated heterocycles. The van der Waals surface area contributed by atoms with Crippen LogP contribution in [0.25, 0.3) is 0 Å². The van der Waals surface area contributed by atoms with Crippen LogP contribution in [-0.2, 0) is 4.74 Å². The van der Waals surface area contributed by atoms with Crippen molar-refractivity contribution < 1.29 is 4.74 Å². The maximum absolute atomic E-state index is 5.97. The van der Waals surface area contributed by atoms with Gasteiger partial charge in [-0.1, -0.05) is 24.6 Å². The Balaban J connectivity index is 2.08. The van der Waals surface area contributed by atoms with Crippen molar-refractivity contribution >= 4 is 0 Å². The van der Waals surface area contributed by atoms with E-state index in [0.29, 0.717) is 17.4 Å². The molecule has 0 radical (unpaired) electrons. The van der Waals surface area contributed by atoms with Gasteiger partial charge in [-0.15, -0.1) is 0 Å². The maximum atomic E-state index is 5.97. The SMILES string of the molecule is C/C1=C(\C)COC(C)C(C)/C=C\CC2(CC1)CC2. The third kappa shape index (κ3) is 3.47. The lowest BCUT2D eigenvalue weighted by atomic mass is 9.91. The topological polar surface area (TPSA) is 9.23 Å². The summed E-state index contributed by atoms with van der Waals surface area (Å²) in [5.41, 5.74) is 3.64. The molecule has 1 saturated carbocycles. The molecule has 2 atom stereocenters. The Morgan fingerprint density at radius 3 is 2.50 bits per heavy atom. The van der Waals surface area contributed by atoms with Gasteiger partial charge in [0.2, 0.25) is 0 Å². The highest BCUT2D eigenvalue weighted by molar-refractivity contribution is 5.12. The molecule has 1 aliphatic carbocycles. The molecule has 0 aromatic heterocycles. The summed E-state index contributed by atoms with van der Waals surface area (Å²) in [6.45, 7) is 9.77. The van der Waals surface area contributed by atoms with Crippen LogP contribution >= 0.6 is 0 Å². The van der Waals surface area contributed by atoms with Gasteiger partial charge in [-0.25, -0.2) is 0 Å². The lowest BCUT2D eigenvalue weighted by Crippen LogP contribution is -2.18. The molecule has 102 valence electrons. The van der Waals surface area contributed by atoms with Gasteiger partial charge in [0.15, 0.2) is 0 Å². The van der Waals surface area contributed by atoms with Crippen molar-refractivity contribution in [1.82, 2.24) is 0 Å². The second kappa shape index (κ2) is 5.61. The fraction of sp³-hybridized carbons (Fsp3) is 0.765. The Kier molecular flexibility index (Phi) is 4.32. The van der Waals surface area contributed by atoms with Crippen LogP contribution in [0.15, 0.2) is 23.3 Å². The second-order valence-electron chi connectivity index (χ2n) is 6.57. The molecule has 0 bridgehead atoms. The molecule has 0 amide bonds. The van der Waals surface area contributed by atoms with E-state index in [-0.39, 0.29) is 0 Å². The molecule has 1 heterocycles. The first-order chi connectivity index (χ1) is 8.52. The zero-order valence-corrected chi connectivity index (χ0v) is 12.5. The second-order valence-corrected chi connectivity index (χ2v) is 6.57. The molecule has 18 heavy (non-hydrogen) atoms. The highest BCUT2D eigenvalue weighted by atomic mass is 16.5. The summed E-state index contributed by atoms with van der Waals surface area (Å²) >= 11 is 0. The molecule has 0 aromatic rings. The third-order valence-corrected chi connectivity index (χ3v) is 5.01. The predicted molar refractivity (Wildman–Crippen MR) is 77.6 cm³/mol. The van der Waals surface area contributed by atoms with Gasteiger partial charge in [0.1, 0.15) is 0 Å². The van der Waals surface area contributed by atoms with Gasteiger partial charge in [0.25, 0.3) is 0 Å². The fourth-order valence-corrected chi connectivity index (χ4v) is 2.62. The van der Waals surface area contributed by atoms with Crippen molar-refractivity contribution in [1.29, 1.82) is 0 Å². The van der Waals surface area contributed by atoms with Gasteiger partial charge in [-0.2, -0.15) is 0 Å². The van der Waals surface area contributed by atoms with Crippen molar-refractivity contribution in [3.8, 4) is 0 Å². The summed E-state index contributed by atoms with van der Waals surface area (Å²) in [4.78, 5) is 0. The molecule has 1 spiro atoms. The van der Waals surface area contributed by atoms with Crippen LogP contribution in [0.2, 0.25) is 0 Å². The van der Waals surface area contributed by atoms with Gasteiger partial charge in [-0.3, -0.25) is 0 Å². The highest BCUT2D eigenvalue weighted by Gasteiger charge is 2.40. The van der Waals surface area contributed by atoms with Crippen LogP contribution < -0.4 is 0 Å². The molecular weight excluding hydrogens is 220 g/mol. The minimum atomic E-state index is 0.318. The Hall–Kier alpha value is -0.560. The van der Waals surface area contributed by atoms with Crippen molar-refractivity contribution in [2.24, 2.45) is 11.3 Å². The summed E-state index contributed by atoms with van der Waals surface area (Å²) < 4.78 is 5.97. The number of allylic oxidation sites excluding steroid dienone is 2. The van der Waals surface area contributed by atoms with Crippen LogP contribution in [0.4, 0.5) is 0 Å². The quantitative estimate of drug-likeness (QED) is 0.555. The summed E-state index contributed by atoms with van der Waals surface area (Å²) in [6, 6.07) is 0. The molecule has 1 aliphatic heterocycles. The standard InChI is InChI=1S/C17H28O/c1-13-7-9-17(10-11-17)8-5-6-14(2)16(4)18-12-15(13)3/h5-6,14,16H,7-12H2,1-4H3/b6-5-,15-13-. The fourth-order valence-electron chi connectivity index (χ4n) is 2.62. The predicted octanol–water partition coefficient (Wildman–Crippen LogP) is 4.88. The van der Waals surface area contributed by atoms with E-state index in [0.717, 1.165) is 6.61 Å². The Bertz CT molecular complexity index is 347. The minimum Gasteiger partial charge on any atom is -0.374 e. The maximum Gasteiger partial charge on any atom is 0.0680 e. The van der Waals surface area contributed by atoms with Crippen LogP contribution in [0.5, 0.6) is 0 Å². The van der Waals surface area contributed by atoms with Crippen LogP contribution in [0.1, 0.15) is 59.8 Å². The van der Waals surface area contributed by atoms with Gasteiger partial charge in [-0.05, 0) is 69.8 Å². The van der Waals surface area contributed by atoms with Crippen LogP contribution in [0, 0.1) is 11.3 Å². The molecular formula is C17H28O. The average molecular weight is 248 g/mol. The van der Waals surface area contributed by atoms with E-state index in [1.54, 1.807) is 5.57 Å². The summed E-state index contributed by atoms with van der Waals surface area (Å²) in [5, 5.41) is 0. The smallest absolute Gasteiger partial charge is 0.0680 e. The first kappa shape index (κ1) is 13.9. The van der Waals surface area contributed by atoms with Gasteiger partial charge in [0.05, 0.1) is 12.7 Å². The first-order valence-electron chi connectivity index (χ1n) is 7.46. The van der Waals surface area contributed by atoms with E-state index in [1.807, 2.05) is 0 Å². The molecule has 2 rings (SSSR count). The summed E-state index contributed by atoms with van der Waals surface area (Å²) in [5.74, 6) is 0.522. The number of ether oxygens (including phenoxy) is 1. The molecule has 1 fully saturated rings. The monoisotopic (exact) mass is 248 g/mol. The van der Waals surface area contributed by atoms with Crippen molar-refractivity contribution in [3.05, 3.63) is 23.3 Å². The molecule has 1 heteroatoms. The zero-order valence-electron chi connectivity index (χ0n) is 12.5. The van der Waals surface area contributed by atoms with Crippen LogP contribution in [-0.4, -0.2) is 12.7 Å². The van der Waals surface area contributed by atoms with Crippen molar-refractivity contribution in [2.45, 2.75) is 65.9 Å². The molecule has 1 nitrogen and oxygen atoms in total. The largest absolute Gasteiger partial charge is 0.374 e. The van der Waals surface area contributed by atoms with E-state index in [1.165, 1.54) is 37.7 Å². The number of hydrogen-bond donors (Lipinski definition) is 0. The lowest BCUT2D eigenvalue weighted by Gasteiger charge is -2.21. The lowest BCUT2D eigenvalue weighted by molar-refractivity contribution is 0.0580. The minimum absolute atomic E-state index is 0.318. The highest BCUT2D eigenvalue weighted by Crippen LogP contribution is 2.53. The summed E-state index contributed by atoms with van der Waals surface area (Å²) in [6.07, 6.45) is 11.9. The molecule has 0 N–H and O–H groups in total. The molecule has 0 aromatic carbocycles. The Morgan fingerprint density at radius 2 is 1.83 bits per heavy atom. The van der Waals surface area contributed by atoms with Crippen molar-refractivity contribution in [2.75, 3.05) is 6.61 Å². The third-order valence-electron chi connectivity index (χ3n) is 5.01. The number of rotatable bonds is 0. The first-order valence-corrected chi connectivity index (χ1v) is 7.46. The summed E-state index contributed by atoms with van der Waals surface area (Å²) in [7, 11) is 0. The van der Waals surface area contributed by atoms with Gasteiger partial charge < -0.3 is 4.74 Å². The van der Waals surface area contributed by atoms with E-state index >= 15 is 0 Å².